The van der Waals surface area contributed by atoms with Gasteiger partial charge < -0.3 is 14.8 Å². The first-order valence-electron chi connectivity index (χ1n) is 8.39. The van der Waals surface area contributed by atoms with E-state index < -0.39 is 0 Å². The number of carbonyl (C=O) groups is 1. The molecule has 1 amide bonds. The molecule has 0 unspecified atom stereocenters. The van der Waals surface area contributed by atoms with Crippen LogP contribution >= 0.6 is 11.6 Å². The van der Waals surface area contributed by atoms with Gasteiger partial charge in [0.1, 0.15) is 11.5 Å². The first-order chi connectivity index (χ1) is 12.4. The minimum absolute atomic E-state index is 0.122. The van der Waals surface area contributed by atoms with Crippen LogP contribution in [0.25, 0.3) is 10.9 Å². The van der Waals surface area contributed by atoms with Gasteiger partial charge in [-0.2, -0.15) is 0 Å². The molecule has 3 rings (SSSR count). The van der Waals surface area contributed by atoms with E-state index in [4.69, 9.17) is 11.6 Å². The number of carbonyl (C=O) groups excluding carboxylic acids is 1. The highest BCUT2D eigenvalue weighted by atomic mass is 35.5. The molecule has 1 aromatic heterocycles. The number of halogens is 2. The fraction of sp³-hybridized carbons (Fsp3) is 0.250. The third-order valence-electron chi connectivity index (χ3n) is 4.18. The fourth-order valence-electron chi connectivity index (χ4n) is 2.81. The number of rotatable bonds is 6. The van der Waals surface area contributed by atoms with Crippen molar-refractivity contribution in [3.63, 3.8) is 0 Å². The summed E-state index contributed by atoms with van der Waals surface area (Å²) in [7, 11) is 3.91. The molecule has 3 aromatic rings. The van der Waals surface area contributed by atoms with E-state index in [0.29, 0.717) is 30.4 Å². The minimum atomic E-state index is -0.303. The lowest BCUT2D eigenvalue weighted by Gasteiger charge is -2.24. The van der Waals surface area contributed by atoms with Crippen LogP contribution in [0.15, 0.2) is 48.5 Å². The second-order valence-corrected chi connectivity index (χ2v) is 7.01. The minimum Gasteiger partial charge on any atom is -0.350 e. The summed E-state index contributed by atoms with van der Waals surface area (Å²) in [6, 6.07) is 13.6. The van der Waals surface area contributed by atoms with Crippen molar-refractivity contribution in [2.45, 2.75) is 6.54 Å². The molecule has 0 radical (unpaired) electrons. The lowest BCUT2D eigenvalue weighted by Crippen LogP contribution is -2.36. The second-order valence-electron chi connectivity index (χ2n) is 6.57. The van der Waals surface area contributed by atoms with Crippen LogP contribution < -0.4 is 0 Å². The molecule has 0 aliphatic carbocycles. The lowest BCUT2D eigenvalue weighted by molar-refractivity contribution is 0.0727. The van der Waals surface area contributed by atoms with Crippen molar-refractivity contribution in [1.29, 1.82) is 0 Å². The number of hydrogen-bond donors (Lipinski definition) is 1. The number of H-pyrrole nitrogens is 1. The van der Waals surface area contributed by atoms with Crippen molar-refractivity contribution >= 4 is 28.4 Å². The molecule has 2 aromatic carbocycles. The summed E-state index contributed by atoms with van der Waals surface area (Å²) >= 11 is 6.02. The van der Waals surface area contributed by atoms with Gasteiger partial charge in [-0.1, -0.05) is 29.8 Å². The van der Waals surface area contributed by atoms with Gasteiger partial charge in [0.15, 0.2) is 0 Å². The van der Waals surface area contributed by atoms with Crippen LogP contribution in [0.2, 0.25) is 5.02 Å². The van der Waals surface area contributed by atoms with Gasteiger partial charge in [-0.25, -0.2) is 4.39 Å². The Labute approximate surface area is 157 Å². The second kappa shape index (κ2) is 7.89. The number of benzene rings is 2. The lowest BCUT2D eigenvalue weighted by atomic mass is 10.2. The number of nitrogens with one attached hydrogen (secondary N) is 1. The van der Waals surface area contributed by atoms with Gasteiger partial charge in [0, 0.05) is 35.6 Å². The van der Waals surface area contributed by atoms with E-state index in [0.717, 1.165) is 16.5 Å². The van der Waals surface area contributed by atoms with Crippen molar-refractivity contribution in [1.82, 2.24) is 14.8 Å². The van der Waals surface area contributed by atoms with E-state index in [1.54, 1.807) is 23.1 Å². The molecule has 0 bridgehead atoms. The van der Waals surface area contributed by atoms with Gasteiger partial charge in [-0.15, -0.1) is 0 Å². The van der Waals surface area contributed by atoms with Crippen molar-refractivity contribution in [2.75, 3.05) is 27.2 Å². The van der Waals surface area contributed by atoms with Crippen LogP contribution in [0.1, 0.15) is 16.1 Å². The average Bonchev–Trinajstić information content (AvgIpc) is 3.01. The van der Waals surface area contributed by atoms with Crippen LogP contribution in [0, 0.1) is 5.82 Å². The number of aromatic nitrogens is 1. The Balaban J connectivity index is 1.87. The summed E-state index contributed by atoms with van der Waals surface area (Å²) in [6.45, 7) is 1.60. The maximum Gasteiger partial charge on any atom is 0.270 e. The predicted octanol–water partition coefficient (Wildman–Crippen LogP) is 4.16. The summed E-state index contributed by atoms with van der Waals surface area (Å²) in [4.78, 5) is 19.9. The first kappa shape index (κ1) is 18.4. The molecular weight excluding hydrogens is 353 g/mol. The molecule has 0 fully saturated rings. The molecule has 0 saturated carbocycles. The van der Waals surface area contributed by atoms with Gasteiger partial charge in [0.2, 0.25) is 0 Å². The highest BCUT2D eigenvalue weighted by Gasteiger charge is 2.19. The number of likely N-dealkylation sites (N-methyl/N-ethyl adjacent to an activating group) is 1. The molecule has 0 spiro atoms. The average molecular weight is 374 g/mol. The van der Waals surface area contributed by atoms with Crippen LogP contribution in [-0.4, -0.2) is 47.9 Å². The predicted molar refractivity (Wildman–Crippen MR) is 103 cm³/mol. The highest BCUT2D eigenvalue weighted by Crippen LogP contribution is 2.21. The van der Waals surface area contributed by atoms with E-state index in [1.807, 2.05) is 37.2 Å². The van der Waals surface area contributed by atoms with Crippen molar-refractivity contribution < 1.29 is 9.18 Å². The SMILES string of the molecule is CN(C)CCN(Cc1cccc(F)c1)C(=O)c1cc2ccc(Cl)cc2[nH]1. The maximum atomic E-state index is 13.5. The molecule has 4 nitrogen and oxygen atoms in total. The summed E-state index contributed by atoms with van der Waals surface area (Å²) < 4.78 is 13.5. The zero-order valence-electron chi connectivity index (χ0n) is 14.8. The summed E-state index contributed by atoms with van der Waals surface area (Å²) in [5.41, 5.74) is 2.08. The molecule has 0 atom stereocenters. The van der Waals surface area contributed by atoms with Crippen LogP contribution in [-0.2, 0) is 6.54 Å². The molecule has 0 saturated heterocycles. The number of fused-ring (bicyclic) bond motifs is 1. The molecule has 1 N–H and O–H groups in total. The fourth-order valence-corrected chi connectivity index (χ4v) is 2.99. The van der Waals surface area contributed by atoms with E-state index in [9.17, 15) is 9.18 Å². The van der Waals surface area contributed by atoms with E-state index in [-0.39, 0.29) is 11.7 Å². The van der Waals surface area contributed by atoms with E-state index in [1.165, 1.54) is 12.1 Å². The topological polar surface area (TPSA) is 39.3 Å². The highest BCUT2D eigenvalue weighted by molar-refractivity contribution is 6.31. The maximum absolute atomic E-state index is 13.5. The van der Waals surface area contributed by atoms with E-state index in [2.05, 4.69) is 4.98 Å². The van der Waals surface area contributed by atoms with Crippen molar-refractivity contribution in [3.8, 4) is 0 Å². The molecule has 26 heavy (non-hydrogen) atoms. The summed E-state index contributed by atoms with van der Waals surface area (Å²) in [6.07, 6.45) is 0. The van der Waals surface area contributed by atoms with Gasteiger partial charge in [-0.3, -0.25) is 4.79 Å². The van der Waals surface area contributed by atoms with Crippen LogP contribution in [0.4, 0.5) is 4.39 Å². The number of hydrogen-bond acceptors (Lipinski definition) is 2. The molecule has 6 heteroatoms. The van der Waals surface area contributed by atoms with Gasteiger partial charge in [0.25, 0.3) is 5.91 Å². The first-order valence-corrected chi connectivity index (χ1v) is 8.77. The van der Waals surface area contributed by atoms with Crippen LogP contribution in [0.5, 0.6) is 0 Å². The van der Waals surface area contributed by atoms with Crippen molar-refractivity contribution in [2.24, 2.45) is 0 Å². The van der Waals surface area contributed by atoms with Gasteiger partial charge >= 0.3 is 0 Å². The zero-order valence-corrected chi connectivity index (χ0v) is 15.6. The Hall–Kier alpha value is -2.37. The summed E-state index contributed by atoms with van der Waals surface area (Å²) in [5.74, 6) is -0.425. The third-order valence-corrected chi connectivity index (χ3v) is 4.42. The summed E-state index contributed by atoms with van der Waals surface area (Å²) in [5, 5.41) is 1.54. The molecule has 0 aliphatic heterocycles. The number of nitrogens with zero attached hydrogens (tertiary/aromatic N) is 2. The standard InChI is InChI=1S/C20H21ClFN3O/c1-24(2)8-9-25(13-14-4-3-5-17(22)10-14)20(26)19-11-15-6-7-16(21)12-18(15)23-19/h3-7,10-12,23H,8-9,13H2,1-2H3. The molecule has 136 valence electrons. The van der Waals surface area contributed by atoms with Gasteiger partial charge in [-0.05, 0) is 50.0 Å². The third kappa shape index (κ3) is 4.42. The van der Waals surface area contributed by atoms with Gasteiger partial charge in [0.05, 0.1) is 0 Å². The van der Waals surface area contributed by atoms with Crippen molar-refractivity contribution in [3.05, 3.63) is 70.6 Å². The Bertz CT molecular complexity index is 922. The molecular formula is C20H21ClFN3O. The molecule has 1 heterocycles. The largest absolute Gasteiger partial charge is 0.350 e. The number of amides is 1. The smallest absolute Gasteiger partial charge is 0.270 e. The molecule has 0 aliphatic rings. The quantitative estimate of drug-likeness (QED) is 0.704. The number of aromatic amines is 1. The van der Waals surface area contributed by atoms with E-state index >= 15 is 0 Å². The van der Waals surface area contributed by atoms with Crippen LogP contribution in [0.3, 0.4) is 0 Å². The Morgan fingerprint density at radius 1 is 1.12 bits per heavy atom. The zero-order chi connectivity index (χ0) is 18.7. The monoisotopic (exact) mass is 373 g/mol. The Morgan fingerprint density at radius 3 is 2.65 bits per heavy atom. The Kier molecular flexibility index (Phi) is 5.59. The normalized spacial score (nSPS) is 11.3. The Morgan fingerprint density at radius 2 is 1.92 bits per heavy atom.